The van der Waals surface area contributed by atoms with E-state index in [1.807, 2.05) is 10.6 Å². The van der Waals surface area contributed by atoms with Crippen LogP contribution < -0.4 is 10.2 Å². The molecule has 0 fully saturated rings. The number of hydrogen-bond acceptors (Lipinski definition) is 2. The van der Waals surface area contributed by atoms with E-state index in [9.17, 15) is 4.79 Å². The van der Waals surface area contributed by atoms with Gasteiger partial charge in [-0.2, -0.15) is 0 Å². The molecule has 20 heavy (non-hydrogen) atoms. The third-order valence-electron chi connectivity index (χ3n) is 3.32. The highest BCUT2D eigenvalue weighted by atomic mass is 35.5. The number of rotatable bonds is 0. The first kappa shape index (κ1) is 11.8. The first-order valence-electron chi connectivity index (χ1n) is 5.96. The maximum atomic E-state index is 12.0. The van der Waals surface area contributed by atoms with Gasteiger partial charge in [0, 0.05) is 34.4 Å². The maximum absolute atomic E-state index is 12.0. The molecule has 0 spiro atoms. The van der Waals surface area contributed by atoms with Crippen molar-refractivity contribution in [3.05, 3.63) is 62.9 Å². The zero-order chi connectivity index (χ0) is 13.9. The number of aromatic nitrogens is 1. The molecule has 0 amide bonds. The van der Waals surface area contributed by atoms with Gasteiger partial charge in [-0.25, -0.2) is 0 Å². The Kier molecular flexibility index (Phi) is 2.37. The first-order chi connectivity index (χ1) is 9.63. The van der Waals surface area contributed by atoms with Crippen LogP contribution in [0.3, 0.4) is 0 Å². The molecule has 2 aromatic carbocycles. The molecule has 0 unspecified atom stereocenters. The lowest BCUT2D eigenvalue weighted by Gasteiger charge is -2.23. The Balaban J connectivity index is 2.20. The molecule has 3 aromatic rings. The summed E-state index contributed by atoms with van der Waals surface area (Å²) in [6.45, 7) is 0. The van der Waals surface area contributed by atoms with Gasteiger partial charge >= 0.3 is 0 Å². The van der Waals surface area contributed by atoms with Crippen LogP contribution in [0.5, 0.6) is 11.5 Å². The average Bonchev–Trinajstić information content (AvgIpc) is 2.41. The molecule has 1 aliphatic heterocycles. The summed E-state index contributed by atoms with van der Waals surface area (Å²) in [4.78, 5) is 12.0. The molecule has 0 saturated carbocycles. The van der Waals surface area contributed by atoms with Crippen molar-refractivity contribution in [3.63, 3.8) is 0 Å². The van der Waals surface area contributed by atoms with Gasteiger partial charge in [0.25, 0.3) is 0 Å². The van der Waals surface area contributed by atoms with Gasteiger partial charge in [-0.1, -0.05) is 23.2 Å². The van der Waals surface area contributed by atoms with Crippen LogP contribution in [0, 0.1) is 0 Å². The van der Waals surface area contributed by atoms with E-state index < -0.39 is 0 Å². The Bertz CT molecular complexity index is 931. The Morgan fingerprint density at radius 3 is 2.60 bits per heavy atom. The molecule has 0 N–H and O–H groups in total. The molecule has 5 heteroatoms. The molecule has 0 bridgehead atoms. The number of ether oxygens (including phenoxy) is 1. The van der Waals surface area contributed by atoms with Crippen LogP contribution >= 0.6 is 23.2 Å². The summed E-state index contributed by atoms with van der Waals surface area (Å²) < 4.78 is 7.75. The van der Waals surface area contributed by atoms with Crippen LogP contribution in [0.4, 0.5) is 0 Å². The van der Waals surface area contributed by atoms with Gasteiger partial charge < -0.3 is 9.30 Å². The summed E-state index contributed by atoms with van der Waals surface area (Å²) >= 11 is 12.1. The zero-order valence-corrected chi connectivity index (χ0v) is 11.6. The number of pyridine rings is 1. The van der Waals surface area contributed by atoms with Gasteiger partial charge in [0.05, 0.1) is 11.1 Å². The lowest BCUT2D eigenvalue weighted by Crippen LogP contribution is -2.11. The Morgan fingerprint density at radius 1 is 0.950 bits per heavy atom. The van der Waals surface area contributed by atoms with E-state index in [4.69, 9.17) is 27.9 Å². The largest absolute Gasteiger partial charge is 0.453 e. The minimum atomic E-state index is -0.0824. The normalized spacial score (nSPS) is 12.1. The molecule has 0 radical (unpaired) electrons. The molecular formula is C15H7Cl2NO2. The summed E-state index contributed by atoms with van der Waals surface area (Å²) in [6, 6.07) is 10.3. The molecule has 3 nitrogen and oxygen atoms in total. The zero-order valence-electron chi connectivity index (χ0n) is 10.1. The molecular weight excluding hydrogens is 297 g/mol. The molecule has 98 valence electrons. The van der Waals surface area contributed by atoms with Gasteiger partial charge in [0.2, 0.25) is 0 Å². The molecule has 1 aliphatic rings. The monoisotopic (exact) mass is 303 g/mol. The lowest BCUT2D eigenvalue weighted by atomic mass is 10.1. The van der Waals surface area contributed by atoms with Crippen molar-refractivity contribution >= 4 is 34.1 Å². The van der Waals surface area contributed by atoms with Crippen molar-refractivity contribution < 1.29 is 4.74 Å². The smallest absolute Gasteiger partial charge is 0.189 e. The Hall–Kier alpha value is -1.97. The topological polar surface area (TPSA) is 31.2 Å². The predicted octanol–water partition coefficient (Wildman–Crippen LogP) is 4.40. The van der Waals surface area contributed by atoms with Crippen LogP contribution in [0.2, 0.25) is 10.0 Å². The van der Waals surface area contributed by atoms with E-state index in [1.165, 1.54) is 6.07 Å². The Morgan fingerprint density at radius 2 is 1.75 bits per heavy atom. The number of hydrogen-bond donors (Lipinski definition) is 0. The summed E-state index contributed by atoms with van der Waals surface area (Å²) in [5, 5.41) is 1.59. The molecule has 0 saturated heterocycles. The second kappa shape index (κ2) is 4.01. The van der Waals surface area contributed by atoms with Crippen LogP contribution in [0.1, 0.15) is 0 Å². The third-order valence-corrected chi connectivity index (χ3v) is 3.78. The van der Waals surface area contributed by atoms with E-state index in [0.717, 1.165) is 11.2 Å². The van der Waals surface area contributed by atoms with Crippen molar-refractivity contribution in [1.82, 2.24) is 4.57 Å². The highest BCUT2D eigenvalue weighted by Gasteiger charge is 2.20. The van der Waals surface area contributed by atoms with Gasteiger partial charge in [-0.3, -0.25) is 4.79 Å². The summed E-state index contributed by atoms with van der Waals surface area (Å²) in [5.41, 5.74) is 1.48. The van der Waals surface area contributed by atoms with E-state index in [0.29, 0.717) is 26.9 Å². The van der Waals surface area contributed by atoms with Crippen LogP contribution in [0.15, 0.2) is 47.4 Å². The second-order valence-electron chi connectivity index (χ2n) is 4.56. The molecule has 0 atom stereocenters. The fraction of sp³-hybridized carbons (Fsp3) is 0. The fourth-order valence-electron chi connectivity index (χ4n) is 2.48. The third kappa shape index (κ3) is 1.57. The number of halogens is 2. The minimum absolute atomic E-state index is 0.0824. The van der Waals surface area contributed by atoms with Crippen molar-refractivity contribution in [2.45, 2.75) is 0 Å². The summed E-state index contributed by atoms with van der Waals surface area (Å²) in [7, 11) is 0. The first-order valence-corrected chi connectivity index (χ1v) is 6.72. The van der Waals surface area contributed by atoms with E-state index in [-0.39, 0.29) is 5.43 Å². The van der Waals surface area contributed by atoms with E-state index in [2.05, 4.69) is 0 Å². The van der Waals surface area contributed by atoms with Crippen LogP contribution in [-0.2, 0) is 0 Å². The second-order valence-corrected chi connectivity index (χ2v) is 5.44. The van der Waals surface area contributed by atoms with Crippen molar-refractivity contribution in [2.75, 3.05) is 0 Å². The van der Waals surface area contributed by atoms with Crippen LogP contribution in [-0.4, -0.2) is 4.57 Å². The molecule has 2 heterocycles. The molecule has 4 rings (SSSR count). The minimum Gasteiger partial charge on any atom is -0.453 e. The average molecular weight is 304 g/mol. The lowest BCUT2D eigenvalue weighted by molar-refractivity contribution is 0.475. The summed E-state index contributed by atoms with van der Waals surface area (Å²) in [5.74, 6) is 1.19. The van der Waals surface area contributed by atoms with Gasteiger partial charge in [-0.05, 0) is 18.2 Å². The summed E-state index contributed by atoms with van der Waals surface area (Å²) in [6.07, 6.45) is 1.73. The highest BCUT2D eigenvalue weighted by molar-refractivity contribution is 6.31. The fourth-order valence-corrected chi connectivity index (χ4v) is 2.85. The number of fused-ring (bicyclic) bond motifs is 2. The molecule has 0 aliphatic carbocycles. The van der Waals surface area contributed by atoms with Gasteiger partial charge in [0.1, 0.15) is 5.52 Å². The number of nitrogens with zero attached hydrogens (tertiary/aromatic N) is 1. The quantitative estimate of drug-likeness (QED) is 0.482. The van der Waals surface area contributed by atoms with Gasteiger partial charge in [-0.15, -0.1) is 0 Å². The van der Waals surface area contributed by atoms with Crippen molar-refractivity contribution in [1.29, 1.82) is 0 Å². The predicted molar refractivity (Wildman–Crippen MR) is 79.6 cm³/mol. The SMILES string of the molecule is O=c1ccn2c3c(cc(Cl)cc13)Oc1cc(Cl)ccc1-2. The Labute approximate surface area is 123 Å². The van der Waals surface area contributed by atoms with Gasteiger partial charge in [0.15, 0.2) is 16.9 Å². The van der Waals surface area contributed by atoms with Crippen LogP contribution in [0.25, 0.3) is 16.6 Å². The highest BCUT2D eigenvalue weighted by Crippen LogP contribution is 2.41. The maximum Gasteiger partial charge on any atom is 0.189 e. The van der Waals surface area contributed by atoms with E-state index in [1.54, 1.807) is 30.5 Å². The standard InChI is InChI=1S/C15H7Cl2NO2/c16-8-1-2-11-13(6-8)20-14-7-9(17)5-10-12(19)3-4-18(11)15(10)14/h1-7H. The molecule has 1 aromatic heterocycles. The number of benzene rings is 2. The van der Waals surface area contributed by atoms with Crippen molar-refractivity contribution in [3.8, 4) is 17.2 Å². The van der Waals surface area contributed by atoms with Crippen molar-refractivity contribution in [2.24, 2.45) is 0 Å². The van der Waals surface area contributed by atoms with E-state index >= 15 is 0 Å².